The molecule has 0 fully saturated rings. The molecule has 0 saturated heterocycles. The highest BCUT2D eigenvalue weighted by molar-refractivity contribution is 6.05. The molecule has 1 amide bonds. The molecular weight excluding hydrogens is 260 g/mol. The number of amides is 1. The van der Waals surface area contributed by atoms with Crippen LogP contribution >= 0.6 is 0 Å². The number of nitrogens with zero attached hydrogens (tertiary/aromatic N) is 1. The Labute approximate surface area is 125 Å². The quantitative estimate of drug-likeness (QED) is 0.858. The van der Waals surface area contributed by atoms with Crippen LogP contribution in [0.4, 0.5) is 5.69 Å². The molecule has 0 aliphatic carbocycles. The van der Waals surface area contributed by atoms with Crippen molar-refractivity contribution in [1.29, 1.82) is 0 Å². The summed E-state index contributed by atoms with van der Waals surface area (Å²) >= 11 is 0. The monoisotopic (exact) mass is 278 g/mol. The van der Waals surface area contributed by atoms with Crippen molar-refractivity contribution < 1.29 is 4.79 Å². The van der Waals surface area contributed by atoms with Gasteiger partial charge in [-0.25, -0.2) is 0 Å². The first-order valence-electron chi connectivity index (χ1n) is 6.75. The second-order valence-electron chi connectivity index (χ2n) is 4.79. The number of anilines is 1. The SMILES string of the molecule is Cc1ccc(N(C)C(=O)c2cccc(C#CCN)c2)cc1. The first-order valence-corrected chi connectivity index (χ1v) is 6.75. The molecule has 0 unspecified atom stereocenters. The maximum atomic E-state index is 12.5. The number of rotatable bonds is 2. The Morgan fingerprint density at radius 2 is 1.90 bits per heavy atom. The van der Waals surface area contributed by atoms with Gasteiger partial charge < -0.3 is 10.6 Å². The van der Waals surface area contributed by atoms with Crippen LogP contribution in [0.1, 0.15) is 21.5 Å². The van der Waals surface area contributed by atoms with Gasteiger partial charge in [-0.05, 0) is 37.3 Å². The van der Waals surface area contributed by atoms with Crippen LogP contribution in [0.5, 0.6) is 0 Å². The van der Waals surface area contributed by atoms with E-state index in [9.17, 15) is 4.79 Å². The Morgan fingerprint density at radius 3 is 2.57 bits per heavy atom. The standard InChI is InChI=1S/C18H18N2O/c1-14-8-10-17(11-9-14)20(2)18(21)16-7-3-5-15(13-16)6-4-12-19/h3,5,7-11,13H,12,19H2,1-2H3. The summed E-state index contributed by atoms with van der Waals surface area (Å²) in [6, 6.07) is 15.1. The molecule has 0 saturated carbocycles. The summed E-state index contributed by atoms with van der Waals surface area (Å²) in [5.74, 6) is 5.67. The third kappa shape index (κ3) is 3.71. The van der Waals surface area contributed by atoms with Crippen molar-refractivity contribution in [2.75, 3.05) is 18.5 Å². The predicted molar refractivity (Wildman–Crippen MR) is 86.3 cm³/mol. The molecule has 3 heteroatoms. The van der Waals surface area contributed by atoms with Gasteiger partial charge in [0.25, 0.3) is 5.91 Å². The van der Waals surface area contributed by atoms with E-state index in [-0.39, 0.29) is 5.91 Å². The molecule has 0 bridgehead atoms. The van der Waals surface area contributed by atoms with E-state index >= 15 is 0 Å². The van der Waals surface area contributed by atoms with Crippen LogP contribution in [-0.4, -0.2) is 19.5 Å². The van der Waals surface area contributed by atoms with Gasteiger partial charge >= 0.3 is 0 Å². The van der Waals surface area contributed by atoms with Crippen LogP contribution < -0.4 is 10.6 Å². The Balaban J connectivity index is 2.25. The van der Waals surface area contributed by atoms with Gasteiger partial charge in [0.2, 0.25) is 0 Å². The average molecular weight is 278 g/mol. The molecule has 0 heterocycles. The molecule has 2 rings (SSSR count). The maximum absolute atomic E-state index is 12.5. The maximum Gasteiger partial charge on any atom is 0.258 e. The van der Waals surface area contributed by atoms with Crippen LogP contribution in [0.15, 0.2) is 48.5 Å². The van der Waals surface area contributed by atoms with E-state index in [4.69, 9.17) is 5.73 Å². The lowest BCUT2D eigenvalue weighted by atomic mass is 10.1. The first-order chi connectivity index (χ1) is 10.1. The van der Waals surface area contributed by atoms with E-state index in [0.717, 1.165) is 11.3 Å². The van der Waals surface area contributed by atoms with Gasteiger partial charge in [0, 0.05) is 23.9 Å². The van der Waals surface area contributed by atoms with Crippen molar-refractivity contribution >= 4 is 11.6 Å². The molecule has 0 radical (unpaired) electrons. The Morgan fingerprint density at radius 1 is 1.19 bits per heavy atom. The highest BCUT2D eigenvalue weighted by Gasteiger charge is 2.13. The molecule has 0 atom stereocenters. The van der Waals surface area contributed by atoms with Crippen LogP contribution in [0.25, 0.3) is 0 Å². The zero-order valence-corrected chi connectivity index (χ0v) is 12.3. The number of hydrogen-bond acceptors (Lipinski definition) is 2. The van der Waals surface area contributed by atoms with E-state index < -0.39 is 0 Å². The fraction of sp³-hybridized carbons (Fsp3) is 0.167. The van der Waals surface area contributed by atoms with Gasteiger partial charge in [-0.3, -0.25) is 4.79 Å². The second-order valence-corrected chi connectivity index (χ2v) is 4.79. The van der Waals surface area contributed by atoms with Crippen molar-refractivity contribution in [3.63, 3.8) is 0 Å². The van der Waals surface area contributed by atoms with E-state index in [2.05, 4.69) is 11.8 Å². The number of hydrogen-bond donors (Lipinski definition) is 1. The third-order valence-electron chi connectivity index (χ3n) is 3.17. The minimum atomic E-state index is -0.0600. The van der Waals surface area contributed by atoms with Crippen LogP contribution in [0.3, 0.4) is 0 Å². The molecule has 21 heavy (non-hydrogen) atoms. The van der Waals surface area contributed by atoms with Gasteiger partial charge in [-0.2, -0.15) is 0 Å². The highest BCUT2D eigenvalue weighted by Crippen LogP contribution is 2.16. The predicted octanol–water partition coefficient (Wildman–Crippen LogP) is 2.58. The van der Waals surface area contributed by atoms with Crippen LogP contribution in [0.2, 0.25) is 0 Å². The number of benzene rings is 2. The summed E-state index contributed by atoms with van der Waals surface area (Å²) in [5, 5.41) is 0. The smallest absolute Gasteiger partial charge is 0.258 e. The number of nitrogens with two attached hydrogens (primary N) is 1. The first kappa shape index (κ1) is 14.8. The van der Waals surface area contributed by atoms with Crippen molar-refractivity contribution in [1.82, 2.24) is 0 Å². The van der Waals surface area contributed by atoms with Gasteiger partial charge in [-0.1, -0.05) is 35.6 Å². The van der Waals surface area contributed by atoms with E-state index in [1.54, 1.807) is 24.1 Å². The van der Waals surface area contributed by atoms with E-state index in [1.807, 2.05) is 43.3 Å². The molecule has 0 aliphatic heterocycles. The van der Waals surface area contributed by atoms with E-state index in [0.29, 0.717) is 12.1 Å². The fourth-order valence-electron chi connectivity index (χ4n) is 1.96. The van der Waals surface area contributed by atoms with Gasteiger partial charge in [-0.15, -0.1) is 0 Å². The number of aryl methyl sites for hydroxylation is 1. The molecule has 2 aromatic carbocycles. The molecule has 0 aliphatic rings. The molecule has 0 spiro atoms. The molecule has 106 valence electrons. The lowest BCUT2D eigenvalue weighted by Gasteiger charge is -2.17. The summed E-state index contributed by atoms with van der Waals surface area (Å²) in [7, 11) is 1.77. The largest absolute Gasteiger partial charge is 0.320 e. The molecule has 3 nitrogen and oxygen atoms in total. The molecule has 0 aromatic heterocycles. The lowest BCUT2D eigenvalue weighted by Crippen LogP contribution is -2.26. The zero-order valence-electron chi connectivity index (χ0n) is 12.3. The molecule has 2 aromatic rings. The minimum Gasteiger partial charge on any atom is -0.320 e. The van der Waals surface area contributed by atoms with Crippen LogP contribution in [-0.2, 0) is 0 Å². The van der Waals surface area contributed by atoms with Gasteiger partial charge in [0.05, 0.1) is 6.54 Å². The summed E-state index contributed by atoms with van der Waals surface area (Å²) in [6.07, 6.45) is 0. The average Bonchev–Trinajstić information content (AvgIpc) is 2.52. The van der Waals surface area contributed by atoms with Gasteiger partial charge in [0.15, 0.2) is 0 Å². The third-order valence-corrected chi connectivity index (χ3v) is 3.17. The molecule has 2 N–H and O–H groups in total. The summed E-state index contributed by atoms with van der Waals surface area (Å²) in [4.78, 5) is 14.1. The Kier molecular flexibility index (Phi) is 4.76. The Hall–Kier alpha value is -2.57. The van der Waals surface area contributed by atoms with Crippen molar-refractivity contribution in [3.05, 3.63) is 65.2 Å². The summed E-state index contributed by atoms with van der Waals surface area (Å²) in [6.45, 7) is 2.33. The highest BCUT2D eigenvalue weighted by atomic mass is 16.2. The fourth-order valence-corrected chi connectivity index (χ4v) is 1.96. The number of carbonyl (C=O) groups is 1. The second kappa shape index (κ2) is 6.74. The number of carbonyl (C=O) groups excluding carboxylic acids is 1. The zero-order chi connectivity index (χ0) is 15.2. The minimum absolute atomic E-state index is 0.0600. The van der Waals surface area contributed by atoms with E-state index in [1.165, 1.54) is 5.56 Å². The molecular formula is C18H18N2O. The van der Waals surface area contributed by atoms with Crippen molar-refractivity contribution in [3.8, 4) is 11.8 Å². The van der Waals surface area contributed by atoms with Crippen molar-refractivity contribution in [2.45, 2.75) is 6.92 Å². The summed E-state index contributed by atoms with van der Waals surface area (Å²) in [5.41, 5.74) is 8.80. The van der Waals surface area contributed by atoms with Gasteiger partial charge in [0.1, 0.15) is 0 Å². The Bertz CT molecular complexity index is 693. The van der Waals surface area contributed by atoms with Crippen molar-refractivity contribution in [2.24, 2.45) is 5.73 Å². The topological polar surface area (TPSA) is 46.3 Å². The normalized spacial score (nSPS) is 9.67. The van der Waals surface area contributed by atoms with Crippen LogP contribution in [0, 0.1) is 18.8 Å². The summed E-state index contributed by atoms with van der Waals surface area (Å²) < 4.78 is 0. The lowest BCUT2D eigenvalue weighted by molar-refractivity contribution is 0.0993.